The van der Waals surface area contributed by atoms with Crippen LogP contribution in [0.4, 0.5) is 4.79 Å². The van der Waals surface area contributed by atoms with Crippen molar-refractivity contribution in [2.24, 2.45) is 0 Å². The van der Waals surface area contributed by atoms with Gasteiger partial charge in [0.25, 0.3) is 0 Å². The summed E-state index contributed by atoms with van der Waals surface area (Å²) in [4.78, 5) is 23.1. The number of nitrogens with one attached hydrogen (secondary N) is 3. The maximum Gasteiger partial charge on any atom is 0.500 e. The predicted molar refractivity (Wildman–Crippen MR) is 133 cm³/mol. The van der Waals surface area contributed by atoms with E-state index in [0.29, 0.717) is 45.7 Å². The van der Waals surface area contributed by atoms with E-state index < -0.39 is 8.80 Å². The van der Waals surface area contributed by atoms with Gasteiger partial charge in [-0.15, -0.1) is 0 Å². The molecule has 0 aromatic rings. The largest absolute Gasteiger partial charge is 0.500 e. The molecular weight excluding hydrogens is 423 g/mol. The minimum Gasteiger partial charge on any atom is -0.374 e. The van der Waals surface area contributed by atoms with Crippen molar-refractivity contribution >= 4 is 30.0 Å². The normalized spacial score (nSPS) is 9.70. The lowest BCUT2D eigenvalue weighted by molar-refractivity contribution is -0.115. The van der Waals surface area contributed by atoms with Crippen LogP contribution in [0.25, 0.3) is 0 Å². The molecule has 9 nitrogen and oxygen atoms in total. The predicted octanol–water partition coefficient (Wildman–Crippen LogP) is 3.45. The fourth-order valence-corrected chi connectivity index (χ4v) is 4.95. The first kappa shape index (κ1) is 39.8. The Bertz CT molecular complexity index is 369. The number of carbonyl (C=O) groups excluding carboxylic acids is 2. The number of rotatable bonds is 14. The Morgan fingerprint density at radius 1 is 0.933 bits per heavy atom. The highest BCUT2D eigenvalue weighted by Gasteiger charge is 2.39. The third-order valence-electron chi connectivity index (χ3n) is 2.95. The molecule has 30 heavy (non-hydrogen) atoms. The highest BCUT2D eigenvalue weighted by atomic mass is 31.0. The highest BCUT2D eigenvalue weighted by molar-refractivity contribution is 7.13. The van der Waals surface area contributed by atoms with Crippen molar-refractivity contribution in [3.8, 4) is 0 Å². The molecule has 2 amide bonds. The smallest absolute Gasteiger partial charge is 0.374 e. The van der Waals surface area contributed by atoms with E-state index in [9.17, 15) is 9.59 Å². The monoisotopic (exact) mass is 474 g/mol. The molecule has 0 bridgehead atoms. The molecule has 0 aromatic carbocycles. The third kappa shape index (κ3) is 22.1. The summed E-state index contributed by atoms with van der Waals surface area (Å²) in [5.41, 5.74) is 0. The van der Waals surface area contributed by atoms with E-state index in [0.717, 1.165) is 6.42 Å². The maximum absolute atomic E-state index is 12.1. The zero-order valence-corrected chi connectivity index (χ0v) is 19.9. The van der Waals surface area contributed by atoms with Crippen molar-refractivity contribution < 1.29 is 22.9 Å². The van der Waals surface area contributed by atoms with E-state index in [2.05, 4.69) is 25.1 Å². The van der Waals surface area contributed by atoms with E-state index in [1.165, 1.54) is 13.8 Å². The SMILES string of the molecule is C.C.C.CC(C)=O.CCO[Si](CCCNC(=O)N(CNC)CNP)(OCC)OCC. The molecule has 1 atom stereocenters. The van der Waals surface area contributed by atoms with Crippen LogP contribution < -0.4 is 15.7 Å². The molecule has 3 N–H and O–H groups in total. The van der Waals surface area contributed by atoms with E-state index in [1.54, 1.807) is 11.9 Å². The fraction of sp³-hybridized carbons (Fsp3) is 0.895. The van der Waals surface area contributed by atoms with Gasteiger partial charge in [-0.05, 0) is 48.1 Å². The van der Waals surface area contributed by atoms with Gasteiger partial charge in [0.05, 0.1) is 13.3 Å². The number of amides is 2. The Labute approximate surface area is 190 Å². The van der Waals surface area contributed by atoms with Crippen LogP contribution in [0.1, 0.15) is 63.3 Å². The molecule has 0 aliphatic carbocycles. The van der Waals surface area contributed by atoms with Gasteiger partial charge >= 0.3 is 14.8 Å². The van der Waals surface area contributed by atoms with Crippen LogP contribution in [-0.4, -0.2) is 72.3 Å². The van der Waals surface area contributed by atoms with Crippen molar-refractivity contribution in [2.45, 2.75) is 69.4 Å². The van der Waals surface area contributed by atoms with Gasteiger partial charge < -0.3 is 28.7 Å². The van der Waals surface area contributed by atoms with Crippen molar-refractivity contribution in [2.75, 3.05) is 46.8 Å². The average Bonchev–Trinajstić information content (AvgIpc) is 2.58. The molecule has 11 heteroatoms. The van der Waals surface area contributed by atoms with Crippen LogP contribution in [0, 0.1) is 0 Å². The van der Waals surface area contributed by atoms with E-state index >= 15 is 0 Å². The fourth-order valence-electron chi connectivity index (χ4n) is 2.11. The molecule has 0 spiro atoms. The van der Waals surface area contributed by atoms with Crippen LogP contribution >= 0.6 is 9.39 Å². The first-order valence-electron chi connectivity index (χ1n) is 9.32. The molecular formula is C19H51N4O5PSi. The Balaban J connectivity index is -0.000000272. The van der Waals surface area contributed by atoms with Gasteiger partial charge in [0.15, 0.2) is 0 Å². The topological polar surface area (TPSA) is 101 Å². The zero-order chi connectivity index (χ0) is 21.1. The summed E-state index contributed by atoms with van der Waals surface area (Å²) < 4.78 is 17.4. The Hall–Kier alpha value is -0.613. The Morgan fingerprint density at radius 3 is 1.70 bits per heavy atom. The molecule has 0 aliphatic rings. The molecule has 0 fully saturated rings. The van der Waals surface area contributed by atoms with Gasteiger partial charge in [-0.3, -0.25) is 9.99 Å². The lowest BCUT2D eigenvalue weighted by Gasteiger charge is -2.28. The molecule has 0 rings (SSSR count). The van der Waals surface area contributed by atoms with Crippen molar-refractivity contribution in [3.05, 3.63) is 0 Å². The summed E-state index contributed by atoms with van der Waals surface area (Å²) in [6.07, 6.45) is 0.750. The summed E-state index contributed by atoms with van der Waals surface area (Å²) in [7, 11) is 1.57. The average molecular weight is 475 g/mol. The second-order valence-corrected chi connectivity index (χ2v) is 8.78. The molecule has 1 unspecified atom stereocenters. The highest BCUT2D eigenvalue weighted by Crippen LogP contribution is 2.17. The second-order valence-electron chi connectivity index (χ2n) is 5.64. The van der Waals surface area contributed by atoms with Crippen LogP contribution in [0.15, 0.2) is 0 Å². The van der Waals surface area contributed by atoms with Gasteiger partial charge in [0, 0.05) is 32.4 Å². The minimum absolute atomic E-state index is 0. The van der Waals surface area contributed by atoms with Crippen molar-refractivity contribution in [1.29, 1.82) is 0 Å². The van der Waals surface area contributed by atoms with Crippen molar-refractivity contribution in [3.63, 3.8) is 0 Å². The first-order valence-corrected chi connectivity index (χ1v) is 11.8. The quantitative estimate of drug-likeness (QED) is 0.153. The van der Waals surface area contributed by atoms with Gasteiger partial charge in [0.2, 0.25) is 0 Å². The van der Waals surface area contributed by atoms with Gasteiger partial charge in [-0.1, -0.05) is 31.7 Å². The van der Waals surface area contributed by atoms with Crippen LogP contribution in [0.5, 0.6) is 0 Å². The molecule has 0 aliphatic heterocycles. The Morgan fingerprint density at radius 2 is 1.37 bits per heavy atom. The number of urea groups is 1. The standard InChI is InChI=1S/C13H33N4O4PSi.C3H6O.3CH4/c1-5-19-23(20-6-2,21-7-3)10-8-9-15-13(18)17(11-14-4)12-16-22;1-3(2)4;;;/h14,16H,5-12,22H2,1-4H3,(H,15,18);1-2H3;3*1H4. The number of carbonyl (C=O) groups is 2. The summed E-state index contributed by atoms with van der Waals surface area (Å²) in [6, 6.07) is 0.572. The second kappa shape index (κ2) is 26.4. The lowest BCUT2D eigenvalue weighted by Crippen LogP contribution is -2.48. The number of Topliss-reactive ketones (excluding diaryl/α,β-unsaturated/α-hetero) is 1. The van der Waals surface area contributed by atoms with Crippen molar-refractivity contribution in [1.82, 2.24) is 20.6 Å². The molecule has 0 aromatic heterocycles. The molecule has 0 saturated carbocycles. The molecule has 0 heterocycles. The number of ketones is 1. The zero-order valence-electron chi connectivity index (χ0n) is 17.7. The van der Waals surface area contributed by atoms with Crippen LogP contribution in [-0.2, 0) is 18.1 Å². The molecule has 0 saturated heterocycles. The van der Waals surface area contributed by atoms with Crippen LogP contribution in [0.3, 0.4) is 0 Å². The van der Waals surface area contributed by atoms with Gasteiger partial charge in [-0.2, -0.15) is 0 Å². The third-order valence-corrected chi connectivity index (χ3v) is 6.28. The van der Waals surface area contributed by atoms with E-state index in [4.69, 9.17) is 13.3 Å². The minimum atomic E-state index is -2.62. The molecule has 0 radical (unpaired) electrons. The summed E-state index contributed by atoms with van der Waals surface area (Å²) in [6.45, 7) is 12.0. The summed E-state index contributed by atoms with van der Waals surface area (Å²) in [5.74, 6) is 0.167. The summed E-state index contributed by atoms with van der Waals surface area (Å²) >= 11 is 0. The number of hydrogen-bond donors (Lipinski definition) is 3. The number of hydrogen-bond acceptors (Lipinski definition) is 7. The van der Waals surface area contributed by atoms with E-state index in [1.807, 2.05) is 20.8 Å². The van der Waals surface area contributed by atoms with Gasteiger partial charge in [-0.25, -0.2) is 4.79 Å². The summed E-state index contributed by atoms with van der Waals surface area (Å²) in [5, 5.41) is 8.75. The first-order chi connectivity index (χ1) is 12.8. The maximum atomic E-state index is 12.1. The lowest BCUT2D eigenvalue weighted by atomic mass is 10.5. The van der Waals surface area contributed by atoms with Crippen LogP contribution in [0.2, 0.25) is 6.04 Å². The Kier molecular flexibility index (Phi) is 35.1. The van der Waals surface area contributed by atoms with Gasteiger partial charge in [0.1, 0.15) is 5.78 Å². The number of nitrogens with zero attached hydrogens (tertiary/aromatic N) is 1. The molecule has 186 valence electrons. The van der Waals surface area contributed by atoms with E-state index in [-0.39, 0.29) is 34.1 Å².